The molecule has 1 aromatic rings. The van der Waals surface area contributed by atoms with Crippen LogP contribution in [-0.2, 0) is 4.79 Å². The number of halogens is 3. The van der Waals surface area contributed by atoms with E-state index < -0.39 is 23.5 Å². The number of benzene rings is 1. The van der Waals surface area contributed by atoms with Crippen LogP contribution in [-0.4, -0.2) is 11.1 Å². The average Bonchev–Trinajstić information content (AvgIpc) is 2.94. The average molecular weight is 277 g/mol. The molecule has 0 aliphatic heterocycles. The van der Waals surface area contributed by atoms with Crippen molar-refractivity contribution in [2.75, 3.05) is 0 Å². The van der Waals surface area contributed by atoms with Crippen LogP contribution in [0, 0.1) is 17.6 Å². The zero-order valence-electron chi connectivity index (χ0n) is 7.51. The molecule has 2 nitrogen and oxygen atoms in total. The van der Waals surface area contributed by atoms with E-state index in [-0.39, 0.29) is 16.0 Å². The minimum absolute atomic E-state index is 0.226. The number of carbonyl (C=O) groups is 1. The van der Waals surface area contributed by atoms with E-state index in [4.69, 9.17) is 5.11 Å². The molecule has 1 aliphatic rings. The van der Waals surface area contributed by atoms with E-state index in [9.17, 15) is 13.6 Å². The third-order valence-electron chi connectivity index (χ3n) is 2.57. The first-order valence-electron chi connectivity index (χ1n) is 4.38. The molecule has 0 spiro atoms. The number of carboxylic acids is 1. The van der Waals surface area contributed by atoms with Gasteiger partial charge in [0.2, 0.25) is 0 Å². The van der Waals surface area contributed by atoms with E-state index >= 15 is 0 Å². The van der Waals surface area contributed by atoms with Gasteiger partial charge in [0.25, 0.3) is 0 Å². The normalized spacial score (nSPS) is 23.9. The molecule has 0 saturated heterocycles. The second kappa shape index (κ2) is 3.56. The van der Waals surface area contributed by atoms with E-state index in [1.165, 1.54) is 6.07 Å². The maximum atomic E-state index is 13.5. The third kappa shape index (κ3) is 1.76. The molecule has 2 rings (SSSR count). The summed E-state index contributed by atoms with van der Waals surface area (Å²) in [6.07, 6.45) is 0.421. The van der Waals surface area contributed by atoms with Gasteiger partial charge in [-0.05, 0) is 34.0 Å². The van der Waals surface area contributed by atoms with E-state index in [1.54, 1.807) is 0 Å². The van der Waals surface area contributed by atoms with Gasteiger partial charge >= 0.3 is 5.97 Å². The van der Waals surface area contributed by atoms with E-state index in [1.807, 2.05) is 0 Å². The van der Waals surface area contributed by atoms with Crippen LogP contribution in [0.4, 0.5) is 8.78 Å². The lowest BCUT2D eigenvalue weighted by molar-refractivity contribution is -0.138. The molecule has 0 bridgehead atoms. The van der Waals surface area contributed by atoms with Crippen molar-refractivity contribution >= 4 is 21.9 Å². The fourth-order valence-corrected chi connectivity index (χ4v) is 2.00. The van der Waals surface area contributed by atoms with Gasteiger partial charge in [-0.2, -0.15) is 0 Å². The van der Waals surface area contributed by atoms with Gasteiger partial charge in [0, 0.05) is 5.92 Å². The first-order valence-corrected chi connectivity index (χ1v) is 5.18. The number of hydrogen-bond acceptors (Lipinski definition) is 1. The van der Waals surface area contributed by atoms with E-state index in [0.29, 0.717) is 6.42 Å². The van der Waals surface area contributed by atoms with Gasteiger partial charge in [-0.15, -0.1) is 0 Å². The van der Waals surface area contributed by atoms with Gasteiger partial charge in [-0.1, -0.05) is 6.07 Å². The Hall–Kier alpha value is -0.970. The topological polar surface area (TPSA) is 37.3 Å². The van der Waals surface area contributed by atoms with E-state index in [0.717, 1.165) is 6.07 Å². The molecule has 80 valence electrons. The van der Waals surface area contributed by atoms with Crippen LogP contribution >= 0.6 is 15.9 Å². The number of carboxylic acid groups (broad SMARTS) is 1. The minimum Gasteiger partial charge on any atom is -0.481 e. The second-order valence-electron chi connectivity index (χ2n) is 3.55. The van der Waals surface area contributed by atoms with Crippen LogP contribution in [0.25, 0.3) is 0 Å². The Kier molecular flexibility index (Phi) is 2.50. The SMILES string of the molecule is O=C(O)[C@@H]1C[C@H]1c1ccc(F)c(Br)c1F. The van der Waals surface area contributed by atoms with Gasteiger partial charge < -0.3 is 5.11 Å². The number of hydrogen-bond donors (Lipinski definition) is 1. The zero-order chi connectivity index (χ0) is 11.2. The molecular weight excluding hydrogens is 270 g/mol. The van der Waals surface area contributed by atoms with Crippen LogP contribution in [0.15, 0.2) is 16.6 Å². The summed E-state index contributed by atoms with van der Waals surface area (Å²) in [6, 6.07) is 2.45. The lowest BCUT2D eigenvalue weighted by Crippen LogP contribution is -2.00. The molecule has 0 amide bonds. The Labute approximate surface area is 93.0 Å². The molecule has 5 heteroatoms. The number of aliphatic carboxylic acids is 1. The molecule has 15 heavy (non-hydrogen) atoms. The van der Waals surface area contributed by atoms with Gasteiger partial charge in [-0.25, -0.2) is 8.78 Å². The molecule has 1 N–H and O–H groups in total. The maximum Gasteiger partial charge on any atom is 0.307 e. The molecule has 0 radical (unpaired) electrons. The summed E-state index contributed by atoms with van der Waals surface area (Å²) >= 11 is 2.79. The summed E-state index contributed by atoms with van der Waals surface area (Å²) in [6.45, 7) is 0. The summed E-state index contributed by atoms with van der Waals surface area (Å²) in [5.74, 6) is -3.15. The monoisotopic (exact) mass is 276 g/mol. The highest BCUT2D eigenvalue weighted by Gasteiger charge is 2.45. The number of rotatable bonds is 2. The molecule has 1 fully saturated rings. The predicted octanol–water partition coefficient (Wildman–Crippen LogP) is 2.92. The second-order valence-corrected chi connectivity index (χ2v) is 4.34. The van der Waals surface area contributed by atoms with Crippen LogP contribution < -0.4 is 0 Å². The van der Waals surface area contributed by atoms with Gasteiger partial charge in [0.15, 0.2) is 0 Å². The lowest BCUT2D eigenvalue weighted by atomic mass is 10.1. The standard InChI is InChI=1S/C10H7BrF2O2/c11-8-7(12)2-1-4(9(8)13)5-3-6(5)10(14)15/h1-2,5-6H,3H2,(H,14,15)/t5-,6+/m0/s1. The van der Waals surface area contributed by atoms with Crippen molar-refractivity contribution < 1.29 is 18.7 Å². The Balaban J connectivity index is 2.32. The third-order valence-corrected chi connectivity index (χ3v) is 3.30. The van der Waals surface area contributed by atoms with Crippen molar-refractivity contribution in [1.29, 1.82) is 0 Å². The fourth-order valence-electron chi connectivity index (χ4n) is 1.64. The Morgan fingerprint density at radius 1 is 1.47 bits per heavy atom. The largest absolute Gasteiger partial charge is 0.481 e. The van der Waals surface area contributed by atoms with Crippen molar-refractivity contribution in [2.24, 2.45) is 5.92 Å². The maximum absolute atomic E-state index is 13.5. The Morgan fingerprint density at radius 2 is 2.13 bits per heavy atom. The Bertz CT molecular complexity index is 434. The molecule has 0 unspecified atom stereocenters. The van der Waals surface area contributed by atoms with Gasteiger partial charge in [0.05, 0.1) is 10.4 Å². The van der Waals surface area contributed by atoms with E-state index in [2.05, 4.69) is 15.9 Å². The molecule has 2 atom stereocenters. The summed E-state index contributed by atoms with van der Waals surface area (Å²) in [5.41, 5.74) is 0.274. The Morgan fingerprint density at radius 3 is 2.67 bits per heavy atom. The van der Waals surface area contributed by atoms with Crippen LogP contribution in [0.5, 0.6) is 0 Å². The summed E-state index contributed by atoms with van der Waals surface area (Å²) in [4.78, 5) is 10.6. The smallest absolute Gasteiger partial charge is 0.307 e. The fraction of sp³-hybridized carbons (Fsp3) is 0.300. The van der Waals surface area contributed by atoms with Crippen LogP contribution in [0.3, 0.4) is 0 Å². The molecule has 1 saturated carbocycles. The zero-order valence-corrected chi connectivity index (χ0v) is 9.09. The van der Waals surface area contributed by atoms with Crippen molar-refractivity contribution in [3.8, 4) is 0 Å². The minimum atomic E-state index is -0.931. The van der Waals surface area contributed by atoms with Crippen molar-refractivity contribution in [3.63, 3.8) is 0 Å². The quantitative estimate of drug-likeness (QED) is 0.844. The molecule has 1 aromatic carbocycles. The van der Waals surface area contributed by atoms with Crippen molar-refractivity contribution in [2.45, 2.75) is 12.3 Å². The van der Waals surface area contributed by atoms with Crippen LogP contribution in [0.2, 0.25) is 0 Å². The summed E-state index contributed by atoms with van der Waals surface area (Å²) in [7, 11) is 0. The highest BCUT2D eigenvalue weighted by molar-refractivity contribution is 9.10. The lowest BCUT2D eigenvalue weighted by Gasteiger charge is -2.03. The highest BCUT2D eigenvalue weighted by atomic mass is 79.9. The molecular formula is C10H7BrF2O2. The highest BCUT2D eigenvalue weighted by Crippen LogP contribution is 2.49. The van der Waals surface area contributed by atoms with Crippen molar-refractivity contribution in [3.05, 3.63) is 33.8 Å². The van der Waals surface area contributed by atoms with Gasteiger partial charge in [-0.3, -0.25) is 4.79 Å². The molecule has 0 aromatic heterocycles. The first kappa shape index (κ1) is 10.5. The summed E-state index contributed by atoms with van der Waals surface area (Å²) in [5, 5.41) is 8.69. The first-order chi connectivity index (χ1) is 7.02. The predicted molar refractivity (Wildman–Crippen MR) is 52.5 cm³/mol. The summed E-state index contributed by atoms with van der Waals surface area (Å²) < 4.78 is 26.2. The van der Waals surface area contributed by atoms with Crippen molar-refractivity contribution in [1.82, 2.24) is 0 Å². The molecule has 0 heterocycles. The van der Waals surface area contributed by atoms with Crippen LogP contribution in [0.1, 0.15) is 17.9 Å². The van der Waals surface area contributed by atoms with Gasteiger partial charge in [0.1, 0.15) is 11.6 Å². The molecule has 1 aliphatic carbocycles.